The number of hydrogen-bond acceptors (Lipinski definition) is 2. The van der Waals surface area contributed by atoms with Crippen molar-refractivity contribution < 1.29 is 9.59 Å². The highest BCUT2D eigenvalue weighted by molar-refractivity contribution is 6.10. The van der Waals surface area contributed by atoms with Crippen LogP contribution in [0.2, 0.25) is 0 Å². The van der Waals surface area contributed by atoms with Crippen LogP contribution in [-0.4, -0.2) is 11.8 Å². The van der Waals surface area contributed by atoms with E-state index in [1.54, 1.807) is 24.3 Å². The maximum absolute atomic E-state index is 12.6. The molecule has 2 amide bonds. The van der Waals surface area contributed by atoms with Gasteiger partial charge in [-0.25, -0.2) is 0 Å². The van der Waals surface area contributed by atoms with Crippen LogP contribution >= 0.6 is 0 Å². The maximum atomic E-state index is 12.6. The van der Waals surface area contributed by atoms with Gasteiger partial charge in [0.05, 0.1) is 17.7 Å². The minimum absolute atomic E-state index is 0.160. The second-order valence-electron chi connectivity index (χ2n) is 6.08. The van der Waals surface area contributed by atoms with Crippen LogP contribution in [0.4, 0.5) is 11.4 Å². The molecule has 0 spiro atoms. The number of amides is 2. The van der Waals surface area contributed by atoms with Gasteiger partial charge in [-0.15, -0.1) is 0 Å². The Bertz CT molecular complexity index is 920. The molecule has 0 fully saturated rings. The highest BCUT2D eigenvalue weighted by Gasteiger charge is 2.13. The summed E-state index contributed by atoms with van der Waals surface area (Å²) >= 11 is 0. The molecule has 0 atom stereocenters. The Kier molecular flexibility index (Phi) is 5.44. The molecular formula is C22H20N2O2. The SMILES string of the molecule is Cc1cccc(NC(=O)c2ccccc2NC(=O)Cc2ccccc2)c1. The van der Waals surface area contributed by atoms with Crippen LogP contribution in [0, 0.1) is 6.92 Å². The van der Waals surface area contributed by atoms with Crippen molar-refractivity contribution in [3.05, 3.63) is 95.6 Å². The van der Waals surface area contributed by atoms with Gasteiger partial charge in [-0.1, -0.05) is 54.6 Å². The number of benzene rings is 3. The fourth-order valence-corrected chi connectivity index (χ4v) is 2.69. The molecule has 130 valence electrons. The molecule has 0 unspecified atom stereocenters. The smallest absolute Gasteiger partial charge is 0.257 e. The molecular weight excluding hydrogens is 324 g/mol. The normalized spacial score (nSPS) is 10.2. The first-order chi connectivity index (χ1) is 12.6. The summed E-state index contributed by atoms with van der Waals surface area (Å²) in [5, 5.41) is 5.71. The minimum Gasteiger partial charge on any atom is -0.325 e. The van der Waals surface area contributed by atoms with E-state index in [2.05, 4.69) is 10.6 Å². The summed E-state index contributed by atoms with van der Waals surface area (Å²) < 4.78 is 0. The van der Waals surface area contributed by atoms with Gasteiger partial charge in [0, 0.05) is 5.69 Å². The van der Waals surface area contributed by atoms with Crippen LogP contribution < -0.4 is 10.6 Å². The van der Waals surface area contributed by atoms with E-state index in [1.807, 2.05) is 61.5 Å². The number of para-hydroxylation sites is 1. The zero-order chi connectivity index (χ0) is 18.4. The third-order valence-electron chi connectivity index (χ3n) is 3.93. The standard InChI is InChI=1S/C22H20N2O2/c1-16-8-7-11-18(14-16)23-22(26)19-12-5-6-13-20(19)24-21(25)15-17-9-3-2-4-10-17/h2-14H,15H2,1H3,(H,23,26)(H,24,25). The van der Waals surface area contributed by atoms with Crippen molar-refractivity contribution in [1.29, 1.82) is 0 Å². The Hall–Kier alpha value is -3.40. The van der Waals surface area contributed by atoms with Gasteiger partial charge in [-0.3, -0.25) is 9.59 Å². The number of carbonyl (C=O) groups excluding carboxylic acids is 2. The predicted octanol–water partition coefficient (Wildman–Crippen LogP) is 4.43. The lowest BCUT2D eigenvalue weighted by Gasteiger charge is -2.12. The van der Waals surface area contributed by atoms with Gasteiger partial charge in [0.15, 0.2) is 0 Å². The lowest BCUT2D eigenvalue weighted by molar-refractivity contribution is -0.115. The minimum atomic E-state index is -0.258. The molecule has 26 heavy (non-hydrogen) atoms. The molecule has 3 rings (SSSR count). The monoisotopic (exact) mass is 344 g/mol. The molecule has 0 saturated carbocycles. The zero-order valence-electron chi connectivity index (χ0n) is 14.5. The van der Waals surface area contributed by atoms with Crippen LogP contribution in [-0.2, 0) is 11.2 Å². The number of rotatable bonds is 5. The van der Waals surface area contributed by atoms with Crippen LogP contribution in [0.1, 0.15) is 21.5 Å². The topological polar surface area (TPSA) is 58.2 Å². The van der Waals surface area contributed by atoms with E-state index >= 15 is 0 Å². The van der Waals surface area contributed by atoms with Crippen molar-refractivity contribution in [1.82, 2.24) is 0 Å². The van der Waals surface area contributed by atoms with Gasteiger partial charge < -0.3 is 10.6 Å². The second kappa shape index (κ2) is 8.12. The molecule has 0 radical (unpaired) electrons. The van der Waals surface area contributed by atoms with Crippen LogP contribution in [0.25, 0.3) is 0 Å². The lowest BCUT2D eigenvalue weighted by atomic mass is 10.1. The maximum Gasteiger partial charge on any atom is 0.257 e. The van der Waals surface area contributed by atoms with E-state index in [4.69, 9.17) is 0 Å². The molecule has 0 aromatic heterocycles. The fourth-order valence-electron chi connectivity index (χ4n) is 2.69. The first-order valence-corrected chi connectivity index (χ1v) is 8.42. The lowest BCUT2D eigenvalue weighted by Crippen LogP contribution is -2.19. The molecule has 0 saturated heterocycles. The molecule has 4 heteroatoms. The van der Waals surface area contributed by atoms with Crippen molar-refractivity contribution in [2.45, 2.75) is 13.3 Å². The van der Waals surface area contributed by atoms with Crippen molar-refractivity contribution in [3.8, 4) is 0 Å². The molecule has 0 bridgehead atoms. The van der Waals surface area contributed by atoms with Crippen LogP contribution in [0.3, 0.4) is 0 Å². The largest absolute Gasteiger partial charge is 0.325 e. The summed E-state index contributed by atoms with van der Waals surface area (Å²) in [6, 6.07) is 24.1. The molecule has 3 aromatic carbocycles. The summed E-state index contributed by atoms with van der Waals surface area (Å²) in [6.07, 6.45) is 0.259. The Morgan fingerprint density at radius 3 is 2.31 bits per heavy atom. The fraction of sp³-hybridized carbons (Fsp3) is 0.0909. The molecule has 2 N–H and O–H groups in total. The second-order valence-corrected chi connectivity index (χ2v) is 6.08. The number of aryl methyl sites for hydroxylation is 1. The Balaban J connectivity index is 1.73. The van der Waals surface area contributed by atoms with E-state index < -0.39 is 0 Å². The molecule has 0 aliphatic heterocycles. The first kappa shape index (κ1) is 17.4. The Labute approximate surface area is 152 Å². The van der Waals surface area contributed by atoms with Crippen LogP contribution in [0.15, 0.2) is 78.9 Å². The van der Waals surface area contributed by atoms with Crippen molar-refractivity contribution in [2.75, 3.05) is 10.6 Å². The van der Waals surface area contributed by atoms with E-state index in [-0.39, 0.29) is 18.2 Å². The Morgan fingerprint density at radius 2 is 1.54 bits per heavy atom. The number of carbonyl (C=O) groups is 2. The first-order valence-electron chi connectivity index (χ1n) is 8.42. The average Bonchev–Trinajstić information content (AvgIpc) is 2.63. The van der Waals surface area contributed by atoms with Gasteiger partial charge in [0.1, 0.15) is 0 Å². The van der Waals surface area contributed by atoms with Crippen molar-refractivity contribution in [3.63, 3.8) is 0 Å². The zero-order valence-corrected chi connectivity index (χ0v) is 14.5. The molecule has 4 nitrogen and oxygen atoms in total. The predicted molar refractivity (Wildman–Crippen MR) is 104 cm³/mol. The summed E-state index contributed by atoms with van der Waals surface area (Å²) in [5.74, 6) is -0.418. The highest BCUT2D eigenvalue weighted by atomic mass is 16.2. The van der Waals surface area contributed by atoms with Gasteiger partial charge in [-0.2, -0.15) is 0 Å². The molecule has 3 aromatic rings. The third kappa shape index (κ3) is 4.57. The van der Waals surface area contributed by atoms with Gasteiger partial charge in [0.25, 0.3) is 5.91 Å². The van der Waals surface area contributed by atoms with Crippen molar-refractivity contribution in [2.24, 2.45) is 0 Å². The summed E-state index contributed by atoms with van der Waals surface area (Å²) in [4.78, 5) is 24.9. The third-order valence-corrected chi connectivity index (χ3v) is 3.93. The Morgan fingerprint density at radius 1 is 0.808 bits per heavy atom. The summed E-state index contributed by atoms with van der Waals surface area (Å²) in [6.45, 7) is 1.97. The van der Waals surface area contributed by atoms with Gasteiger partial charge in [0.2, 0.25) is 5.91 Å². The summed E-state index contributed by atoms with van der Waals surface area (Å²) in [7, 11) is 0. The molecule has 0 aliphatic carbocycles. The number of nitrogens with one attached hydrogen (secondary N) is 2. The summed E-state index contributed by atoms with van der Waals surface area (Å²) in [5.41, 5.74) is 3.63. The van der Waals surface area contributed by atoms with Crippen molar-refractivity contribution >= 4 is 23.2 Å². The van der Waals surface area contributed by atoms with Gasteiger partial charge >= 0.3 is 0 Å². The van der Waals surface area contributed by atoms with E-state index in [1.165, 1.54) is 0 Å². The quantitative estimate of drug-likeness (QED) is 0.719. The van der Waals surface area contributed by atoms with E-state index in [0.29, 0.717) is 11.3 Å². The van der Waals surface area contributed by atoms with Gasteiger partial charge in [-0.05, 0) is 42.3 Å². The number of anilines is 2. The highest BCUT2D eigenvalue weighted by Crippen LogP contribution is 2.18. The molecule has 0 aliphatic rings. The number of hydrogen-bond donors (Lipinski definition) is 2. The van der Waals surface area contributed by atoms with E-state index in [0.717, 1.165) is 16.8 Å². The van der Waals surface area contributed by atoms with E-state index in [9.17, 15) is 9.59 Å². The van der Waals surface area contributed by atoms with Crippen LogP contribution in [0.5, 0.6) is 0 Å². The average molecular weight is 344 g/mol. The molecule has 0 heterocycles.